The number of hydrogen-bond donors (Lipinski definition) is 3. The highest BCUT2D eigenvalue weighted by Crippen LogP contribution is 2.62. The van der Waals surface area contributed by atoms with Crippen molar-refractivity contribution in [2.24, 2.45) is 17.3 Å². The van der Waals surface area contributed by atoms with Gasteiger partial charge in [0.05, 0.1) is 24.9 Å². The zero-order valence-corrected chi connectivity index (χ0v) is 25.7. The van der Waals surface area contributed by atoms with E-state index in [9.17, 15) is 24.3 Å². The Morgan fingerprint density at radius 3 is 2.56 bits per heavy atom. The molecule has 5 fully saturated rings. The van der Waals surface area contributed by atoms with Gasteiger partial charge in [-0.3, -0.25) is 23.9 Å². The molecule has 6 bridgehead atoms. The van der Waals surface area contributed by atoms with E-state index in [1.807, 2.05) is 30.3 Å². The zero-order chi connectivity index (χ0) is 31.2. The van der Waals surface area contributed by atoms with E-state index in [4.69, 9.17) is 0 Å². The Hall–Kier alpha value is -3.80. The van der Waals surface area contributed by atoms with Gasteiger partial charge in [-0.1, -0.05) is 35.5 Å². The first-order chi connectivity index (χ1) is 21.7. The smallest absolute Gasteiger partial charge is 0.246 e. The Bertz CT molecular complexity index is 1450. The van der Waals surface area contributed by atoms with Gasteiger partial charge in [0.15, 0.2) is 0 Å². The molecule has 0 spiro atoms. The predicted octanol–water partition coefficient (Wildman–Crippen LogP) is 1.18. The number of aromatic nitrogens is 3. The molecule has 0 radical (unpaired) electrons. The molecule has 12 heteroatoms. The van der Waals surface area contributed by atoms with Gasteiger partial charge < -0.3 is 25.5 Å². The first-order valence-electron chi connectivity index (χ1n) is 16.5. The lowest BCUT2D eigenvalue weighted by Gasteiger charge is -2.60. The topological polar surface area (TPSA) is 150 Å². The molecule has 1 saturated heterocycles. The number of aryl methyl sites for hydroxylation is 1. The summed E-state index contributed by atoms with van der Waals surface area (Å²) in [6.07, 6.45) is 8.59. The molecular weight excluding hydrogens is 574 g/mol. The van der Waals surface area contributed by atoms with Gasteiger partial charge in [-0.2, -0.15) is 0 Å². The number of nitrogens with one attached hydrogen (secondary N) is 2. The molecule has 4 saturated carbocycles. The monoisotopic (exact) mass is 617 g/mol. The molecule has 12 nitrogen and oxygen atoms in total. The summed E-state index contributed by atoms with van der Waals surface area (Å²) < 4.78 is 1.65. The van der Waals surface area contributed by atoms with Crippen molar-refractivity contribution in [2.45, 2.75) is 95.0 Å². The Labute approximate surface area is 262 Å². The number of rotatable bonds is 4. The van der Waals surface area contributed by atoms with Crippen molar-refractivity contribution in [3.05, 3.63) is 47.8 Å². The summed E-state index contributed by atoms with van der Waals surface area (Å²) >= 11 is 0. The lowest BCUT2D eigenvalue weighted by molar-refractivity contribution is -0.173. The molecule has 8 rings (SSSR count). The number of amides is 4. The van der Waals surface area contributed by atoms with Crippen LogP contribution in [0, 0.1) is 17.3 Å². The molecule has 4 amide bonds. The Balaban J connectivity index is 1.12. The Morgan fingerprint density at radius 2 is 1.80 bits per heavy atom. The molecule has 4 aliphatic carbocycles. The number of benzene rings is 1. The molecular formula is C33H43N7O5. The second-order valence-corrected chi connectivity index (χ2v) is 14.4. The maximum absolute atomic E-state index is 14.2. The molecule has 1 aromatic carbocycles. The summed E-state index contributed by atoms with van der Waals surface area (Å²) in [5.74, 6) is -0.0217. The number of nitrogens with zero attached hydrogens (tertiary/aromatic N) is 5. The lowest BCUT2D eigenvalue weighted by Crippen LogP contribution is -2.65. The fraction of sp³-hybridized carbons (Fsp3) is 0.636. The maximum atomic E-state index is 14.2. The van der Waals surface area contributed by atoms with E-state index < -0.39 is 17.7 Å². The third-order valence-electron chi connectivity index (χ3n) is 10.7. The second kappa shape index (κ2) is 11.9. The van der Waals surface area contributed by atoms with E-state index in [2.05, 4.69) is 20.9 Å². The largest absolute Gasteiger partial charge is 0.390 e. The molecule has 6 aliphatic rings. The van der Waals surface area contributed by atoms with Crippen LogP contribution in [0.25, 0.3) is 0 Å². The van der Waals surface area contributed by atoms with Crippen LogP contribution in [0.1, 0.15) is 69.0 Å². The number of carbonyl (C=O) groups is 4. The van der Waals surface area contributed by atoms with Crippen LogP contribution in [-0.2, 0) is 38.7 Å². The summed E-state index contributed by atoms with van der Waals surface area (Å²) in [6, 6.07) is 7.74. The number of aliphatic hydroxyl groups is 1. The van der Waals surface area contributed by atoms with Gasteiger partial charge in [-0.25, -0.2) is 0 Å². The van der Waals surface area contributed by atoms with Crippen LogP contribution in [-0.4, -0.2) is 90.8 Å². The average Bonchev–Trinajstić information content (AvgIpc) is 3.45. The highest BCUT2D eigenvalue weighted by Gasteiger charge is 2.58. The maximum Gasteiger partial charge on any atom is 0.246 e. The van der Waals surface area contributed by atoms with Gasteiger partial charge >= 0.3 is 0 Å². The molecule has 45 heavy (non-hydrogen) atoms. The van der Waals surface area contributed by atoms with Crippen molar-refractivity contribution >= 4 is 23.6 Å². The van der Waals surface area contributed by atoms with Crippen LogP contribution in [0.15, 0.2) is 36.5 Å². The number of piperazine rings is 1. The van der Waals surface area contributed by atoms with E-state index in [0.717, 1.165) is 37.7 Å². The van der Waals surface area contributed by atoms with Crippen LogP contribution < -0.4 is 10.6 Å². The minimum absolute atomic E-state index is 0.0200. The van der Waals surface area contributed by atoms with Crippen molar-refractivity contribution in [1.29, 1.82) is 0 Å². The SMILES string of the molecule is O=C1CCCn2cc(nn2)CNC(=O)[C@H]2CN(C(=O)CC34CC5CC(CC(O)(C5)C3)C4)CCN2C(=O)[C@H](Cc2ccccc2)N1. The fourth-order valence-corrected chi connectivity index (χ4v) is 9.28. The van der Waals surface area contributed by atoms with E-state index in [1.165, 1.54) is 4.90 Å². The Kier molecular flexibility index (Phi) is 7.87. The molecule has 3 N–H and O–H groups in total. The van der Waals surface area contributed by atoms with Crippen LogP contribution in [0.2, 0.25) is 0 Å². The highest BCUT2D eigenvalue weighted by molar-refractivity contribution is 5.93. The number of carbonyl (C=O) groups excluding carboxylic acids is 4. The number of fused-ring (bicyclic) bond motifs is 3. The second-order valence-electron chi connectivity index (χ2n) is 14.4. The molecule has 3 heterocycles. The summed E-state index contributed by atoms with van der Waals surface area (Å²) in [5, 5.41) is 25.4. The van der Waals surface area contributed by atoms with Crippen molar-refractivity contribution < 1.29 is 24.3 Å². The van der Waals surface area contributed by atoms with E-state index in [0.29, 0.717) is 56.3 Å². The summed E-state index contributed by atoms with van der Waals surface area (Å²) in [4.78, 5) is 58.2. The third kappa shape index (κ3) is 6.34. The Morgan fingerprint density at radius 1 is 1.02 bits per heavy atom. The molecule has 1 aromatic heterocycles. The minimum Gasteiger partial charge on any atom is -0.390 e. The minimum atomic E-state index is -0.925. The van der Waals surface area contributed by atoms with Gasteiger partial charge in [0, 0.05) is 38.9 Å². The van der Waals surface area contributed by atoms with E-state index in [1.54, 1.807) is 15.8 Å². The van der Waals surface area contributed by atoms with Gasteiger partial charge in [0.1, 0.15) is 17.8 Å². The van der Waals surface area contributed by atoms with Crippen LogP contribution in [0.4, 0.5) is 0 Å². The molecule has 2 unspecified atom stereocenters. The van der Waals surface area contributed by atoms with Crippen molar-refractivity contribution in [1.82, 2.24) is 35.4 Å². The van der Waals surface area contributed by atoms with Gasteiger partial charge in [0.25, 0.3) is 0 Å². The summed E-state index contributed by atoms with van der Waals surface area (Å²) in [6.45, 7) is 1.19. The predicted molar refractivity (Wildman–Crippen MR) is 162 cm³/mol. The van der Waals surface area contributed by atoms with Gasteiger partial charge in [-0.05, 0) is 67.8 Å². The molecule has 2 aromatic rings. The molecule has 2 aliphatic heterocycles. The highest BCUT2D eigenvalue weighted by atomic mass is 16.3. The summed E-state index contributed by atoms with van der Waals surface area (Å²) in [5.41, 5.74) is 0.630. The van der Waals surface area contributed by atoms with Crippen molar-refractivity contribution in [2.75, 3.05) is 19.6 Å². The third-order valence-corrected chi connectivity index (χ3v) is 10.7. The van der Waals surface area contributed by atoms with Gasteiger partial charge in [-0.15, -0.1) is 5.10 Å². The van der Waals surface area contributed by atoms with Crippen LogP contribution in [0.3, 0.4) is 0 Å². The first-order valence-corrected chi connectivity index (χ1v) is 16.5. The normalized spacial score (nSPS) is 33.6. The lowest BCUT2D eigenvalue weighted by atomic mass is 9.47. The summed E-state index contributed by atoms with van der Waals surface area (Å²) in [7, 11) is 0. The molecule has 4 atom stereocenters. The zero-order valence-electron chi connectivity index (χ0n) is 25.7. The van der Waals surface area contributed by atoms with Gasteiger partial charge in [0.2, 0.25) is 23.6 Å². The first kappa shape index (κ1) is 29.9. The molecule has 240 valence electrons. The standard InChI is InChI=1S/C33H43N7O5/c41-28-7-4-8-39-19-25(36-37-39)18-34-30(43)27-20-38(9-10-40(27)31(44)26(35-28)12-22-5-2-1-3-6-22)29(42)17-32-13-23-11-24(14-32)16-33(45,15-23)21-32/h1-3,5-6,19,23-24,26-27,45H,4,7-18,20-21H2,(H,34,43)(H,35,41)/t23?,24?,26-,27+,32?,33?/m0/s1. The van der Waals surface area contributed by atoms with Crippen LogP contribution in [0.5, 0.6) is 0 Å². The van der Waals surface area contributed by atoms with Crippen molar-refractivity contribution in [3.8, 4) is 0 Å². The number of hydrogen-bond acceptors (Lipinski definition) is 7. The van der Waals surface area contributed by atoms with Crippen LogP contribution >= 0.6 is 0 Å². The van der Waals surface area contributed by atoms with E-state index >= 15 is 0 Å². The van der Waals surface area contributed by atoms with E-state index in [-0.39, 0.29) is 55.1 Å². The fourth-order valence-electron chi connectivity index (χ4n) is 9.28. The van der Waals surface area contributed by atoms with Crippen molar-refractivity contribution in [3.63, 3.8) is 0 Å². The quantitative estimate of drug-likeness (QED) is 0.466. The average molecular weight is 618 g/mol.